The van der Waals surface area contributed by atoms with Crippen LogP contribution in [-0.4, -0.2) is 16.1 Å². The number of nitrogens with zero attached hydrogens (tertiary/aromatic N) is 2. The Morgan fingerprint density at radius 3 is 3.00 bits per heavy atom. The molecule has 4 heteroatoms. The van der Waals surface area contributed by atoms with Gasteiger partial charge in [-0.3, -0.25) is 0 Å². The summed E-state index contributed by atoms with van der Waals surface area (Å²) in [6.07, 6.45) is 6.09. The van der Waals surface area contributed by atoms with Gasteiger partial charge in [-0.05, 0) is 35.4 Å². The van der Waals surface area contributed by atoms with E-state index in [0.29, 0.717) is 6.04 Å². The van der Waals surface area contributed by atoms with Gasteiger partial charge < -0.3 is 9.88 Å². The minimum absolute atomic E-state index is 0.374. The van der Waals surface area contributed by atoms with Gasteiger partial charge in [-0.25, -0.2) is 4.98 Å². The van der Waals surface area contributed by atoms with E-state index in [2.05, 4.69) is 51.7 Å². The van der Waals surface area contributed by atoms with E-state index in [1.54, 1.807) is 11.3 Å². The number of hydrogen-bond acceptors (Lipinski definition) is 3. The number of aryl methyl sites for hydroxylation is 1. The van der Waals surface area contributed by atoms with Gasteiger partial charge in [0.1, 0.15) is 5.82 Å². The number of nitrogens with one attached hydrogen (secondary N) is 1. The third-order valence-electron chi connectivity index (χ3n) is 3.05. The van der Waals surface area contributed by atoms with Crippen molar-refractivity contribution >= 4 is 11.3 Å². The lowest BCUT2D eigenvalue weighted by molar-refractivity contribution is 0.517. The van der Waals surface area contributed by atoms with Crippen LogP contribution < -0.4 is 5.32 Å². The Morgan fingerprint density at radius 2 is 2.33 bits per heavy atom. The van der Waals surface area contributed by atoms with Crippen molar-refractivity contribution in [2.24, 2.45) is 0 Å². The Balaban J connectivity index is 2.11. The van der Waals surface area contributed by atoms with Crippen LogP contribution in [0.4, 0.5) is 0 Å². The van der Waals surface area contributed by atoms with E-state index in [1.165, 1.54) is 11.4 Å². The highest BCUT2D eigenvalue weighted by Crippen LogP contribution is 2.20. The highest BCUT2D eigenvalue weighted by atomic mass is 32.1. The highest BCUT2D eigenvalue weighted by molar-refractivity contribution is 7.07. The molecule has 2 heterocycles. The van der Waals surface area contributed by atoms with Crippen LogP contribution in [0.15, 0.2) is 29.2 Å². The highest BCUT2D eigenvalue weighted by Gasteiger charge is 2.14. The second-order valence-corrected chi connectivity index (χ2v) is 5.19. The van der Waals surface area contributed by atoms with Gasteiger partial charge in [-0.15, -0.1) is 0 Å². The monoisotopic (exact) mass is 263 g/mol. The quantitative estimate of drug-likeness (QED) is 0.831. The number of thiophene rings is 1. The van der Waals surface area contributed by atoms with Crippen molar-refractivity contribution in [1.29, 1.82) is 0 Å². The first kappa shape index (κ1) is 13.3. The van der Waals surface area contributed by atoms with Gasteiger partial charge in [-0.2, -0.15) is 11.3 Å². The topological polar surface area (TPSA) is 29.9 Å². The molecule has 1 N–H and O–H groups in total. The lowest BCUT2D eigenvalue weighted by atomic mass is 10.1. The van der Waals surface area contributed by atoms with Gasteiger partial charge in [0.25, 0.3) is 0 Å². The second kappa shape index (κ2) is 6.71. The van der Waals surface area contributed by atoms with Crippen LogP contribution in [0.5, 0.6) is 0 Å². The summed E-state index contributed by atoms with van der Waals surface area (Å²) in [7, 11) is 0. The van der Waals surface area contributed by atoms with Gasteiger partial charge in [0.15, 0.2) is 0 Å². The van der Waals surface area contributed by atoms with Crippen LogP contribution in [-0.2, 0) is 13.0 Å². The van der Waals surface area contributed by atoms with Crippen LogP contribution in [0.3, 0.4) is 0 Å². The zero-order valence-corrected chi connectivity index (χ0v) is 11.9. The maximum atomic E-state index is 4.49. The van der Waals surface area contributed by atoms with Crippen LogP contribution in [0.25, 0.3) is 0 Å². The average molecular weight is 263 g/mol. The maximum absolute atomic E-state index is 4.49. The lowest BCUT2D eigenvalue weighted by Crippen LogP contribution is -2.24. The van der Waals surface area contributed by atoms with E-state index >= 15 is 0 Å². The Labute approximate surface area is 113 Å². The first-order valence-corrected chi connectivity index (χ1v) is 7.54. The van der Waals surface area contributed by atoms with Gasteiger partial charge in [-0.1, -0.05) is 13.8 Å². The SMILES string of the molecule is CCCn1ccnc1CC(NCC)c1ccsc1. The average Bonchev–Trinajstić information content (AvgIpc) is 3.01. The molecule has 0 aliphatic carbocycles. The fraction of sp³-hybridized carbons (Fsp3) is 0.500. The zero-order valence-electron chi connectivity index (χ0n) is 11.1. The Kier molecular flexibility index (Phi) is 4.96. The summed E-state index contributed by atoms with van der Waals surface area (Å²) in [6.45, 7) is 6.38. The molecule has 0 saturated carbocycles. The third-order valence-corrected chi connectivity index (χ3v) is 3.75. The number of hydrogen-bond donors (Lipinski definition) is 1. The molecule has 2 rings (SSSR count). The third kappa shape index (κ3) is 3.21. The summed E-state index contributed by atoms with van der Waals surface area (Å²) in [5.74, 6) is 1.18. The van der Waals surface area contributed by atoms with Crippen molar-refractivity contribution in [1.82, 2.24) is 14.9 Å². The summed E-state index contributed by atoms with van der Waals surface area (Å²) in [5.41, 5.74) is 1.37. The fourth-order valence-corrected chi connectivity index (χ4v) is 2.90. The number of aromatic nitrogens is 2. The number of rotatable bonds is 7. The van der Waals surface area contributed by atoms with Crippen molar-refractivity contribution in [3.63, 3.8) is 0 Å². The molecule has 18 heavy (non-hydrogen) atoms. The van der Waals surface area contributed by atoms with Crippen molar-refractivity contribution in [3.05, 3.63) is 40.6 Å². The van der Waals surface area contributed by atoms with E-state index in [9.17, 15) is 0 Å². The molecule has 98 valence electrons. The molecule has 0 saturated heterocycles. The van der Waals surface area contributed by atoms with Gasteiger partial charge in [0.2, 0.25) is 0 Å². The van der Waals surface area contributed by atoms with Crippen LogP contribution >= 0.6 is 11.3 Å². The molecule has 0 spiro atoms. The Hall–Kier alpha value is -1.13. The summed E-state index contributed by atoms with van der Waals surface area (Å²) < 4.78 is 2.26. The largest absolute Gasteiger partial charge is 0.335 e. The molecule has 0 amide bonds. The predicted molar refractivity (Wildman–Crippen MR) is 77.0 cm³/mol. The van der Waals surface area contributed by atoms with Crippen molar-refractivity contribution in [2.75, 3.05) is 6.54 Å². The van der Waals surface area contributed by atoms with E-state index in [-0.39, 0.29) is 0 Å². The predicted octanol–water partition coefficient (Wildman–Crippen LogP) is 3.25. The second-order valence-electron chi connectivity index (χ2n) is 4.41. The Bertz CT molecular complexity index is 447. The molecular weight excluding hydrogens is 242 g/mol. The van der Waals surface area contributed by atoms with Crippen molar-refractivity contribution < 1.29 is 0 Å². The first-order valence-electron chi connectivity index (χ1n) is 6.60. The summed E-state index contributed by atoms with van der Waals surface area (Å²) >= 11 is 1.75. The molecule has 2 aromatic rings. The number of imidazole rings is 1. The fourth-order valence-electron chi connectivity index (χ4n) is 2.18. The molecule has 2 aromatic heterocycles. The molecule has 0 bridgehead atoms. The summed E-state index contributed by atoms with van der Waals surface area (Å²) in [4.78, 5) is 4.49. The van der Waals surface area contributed by atoms with E-state index in [4.69, 9.17) is 0 Å². The standard InChI is InChI=1S/C14H21N3S/c1-3-7-17-8-6-16-14(17)10-13(15-4-2)12-5-9-18-11-12/h5-6,8-9,11,13,15H,3-4,7,10H2,1-2H3. The Morgan fingerprint density at radius 1 is 1.44 bits per heavy atom. The smallest absolute Gasteiger partial charge is 0.110 e. The maximum Gasteiger partial charge on any atom is 0.110 e. The summed E-state index contributed by atoms with van der Waals surface area (Å²) in [6, 6.07) is 2.57. The molecule has 0 fully saturated rings. The molecular formula is C14H21N3S. The van der Waals surface area contributed by atoms with E-state index in [1.807, 2.05) is 6.20 Å². The van der Waals surface area contributed by atoms with Crippen molar-refractivity contribution in [3.8, 4) is 0 Å². The van der Waals surface area contributed by atoms with Gasteiger partial charge in [0, 0.05) is 31.4 Å². The van der Waals surface area contributed by atoms with Crippen LogP contribution in [0.1, 0.15) is 37.7 Å². The van der Waals surface area contributed by atoms with Gasteiger partial charge in [0.05, 0.1) is 0 Å². The summed E-state index contributed by atoms with van der Waals surface area (Å²) in [5, 5.41) is 7.91. The first-order chi connectivity index (χ1) is 8.85. The molecule has 3 nitrogen and oxygen atoms in total. The van der Waals surface area contributed by atoms with Crippen LogP contribution in [0, 0.1) is 0 Å². The molecule has 0 aliphatic heterocycles. The minimum Gasteiger partial charge on any atom is -0.335 e. The molecule has 0 radical (unpaired) electrons. The molecule has 0 aromatic carbocycles. The lowest BCUT2D eigenvalue weighted by Gasteiger charge is -2.17. The molecule has 0 aliphatic rings. The minimum atomic E-state index is 0.374. The van der Waals surface area contributed by atoms with Crippen molar-refractivity contribution in [2.45, 2.75) is 39.3 Å². The zero-order chi connectivity index (χ0) is 12.8. The van der Waals surface area contributed by atoms with E-state index in [0.717, 1.165) is 25.9 Å². The molecule has 1 unspecified atom stereocenters. The van der Waals surface area contributed by atoms with Gasteiger partial charge >= 0.3 is 0 Å². The molecule has 1 atom stereocenters. The van der Waals surface area contributed by atoms with Crippen LogP contribution in [0.2, 0.25) is 0 Å². The normalized spacial score (nSPS) is 12.8. The number of likely N-dealkylation sites (N-methyl/N-ethyl adjacent to an activating group) is 1. The van der Waals surface area contributed by atoms with E-state index < -0.39 is 0 Å².